The van der Waals surface area contributed by atoms with Gasteiger partial charge in [-0.1, -0.05) is 22.2 Å². The second-order valence-corrected chi connectivity index (χ2v) is 7.25. The van der Waals surface area contributed by atoms with Gasteiger partial charge in [-0.15, -0.1) is 0 Å². The molecule has 0 saturated heterocycles. The maximum atomic E-state index is 5.98. The van der Waals surface area contributed by atoms with Crippen LogP contribution in [0.3, 0.4) is 0 Å². The molecular weight excluding hydrogens is 185 g/mol. The lowest BCUT2D eigenvalue weighted by molar-refractivity contribution is -0.816. The molecule has 1 nitrogen and oxygen atoms in total. The van der Waals surface area contributed by atoms with Crippen molar-refractivity contribution >= 4 is 29.7 Å². The molecule has 0 aliphatic carbocycles. The van der Waals surface area contributed by atoms with Crippen molar-refractivity contribution in [3.8, 4) is 0 Å². The minimum Gasteiger partial charge on any atom is -0.362 e. The molecule has 0 rings (SSSR count). The van der Waals surface area contributed by atoms with Crippen LogP contribution in [0.5, 0.6) is 0 Å². The normalized spacial score (nSPS) is 12.6. The molecule has 0 bridgehead atoms. The fourth-order valence-electron chi connectivity index (χ4n) is 1.08. The van der Waals surface area contributed by atoms with Gasteiger partial charge in [0.2, 0.25) is 0 Å². The molecule has 0 radical (unpaired) electrons. The highest BCUT2D eigenvalue weighted by Crippen LogP contribution is 2.15. The second-order valence-electron chi connectivity index (χ2n) is 2.44. The number of quaternary nitrogens is 1. The van der Waals surface area contributed by atoms with Crippen molar-refractivity contribution in [2.75, 3.05) is 19.6 Å². The molecule has 0 heterocycles. The molecule has 0 atom stereocenters. The predicted molar refractivity (Wildman–Crippen MR) is 50.7 cm³/mol. The fraction of sp³-hybridized carbons (Fsp3) is 1.00. The van der Waals surface area contributed by atoms with Gasteiger partial charge < -0.3 is 4.15 Å². The highest BCUT2D eigenvalue weighted by molar-refractivity contribution is 7.30. The van der Waals surface area contributed by atoms with E-state index in [0.717, 1.165) is 23.8 Å². The van der Waals surface area contributed by atoms with E-state index in [2.05, 4.69) is 20.8 Å². The molecule has 0 aromatic carbocycles. The molecule has 62 valence electrons. The van der Waals surface area contributed by atoms with Crippen molar-refractivity contribution in [1.29, 1.82) is 0 Å². The van der Waals surface area contributed by atoms with Crippen molar-refractivity contribution in [2.45, 2.75) is 20.8 Å². The zero-order chi connectivity index (χ0) is 8.20. The molecule has 0 saturated carbocycles. The summed E-state index contributed by atoms with van der Waals surface area (Å²) >= 11 is 12.0. The highest BCUT2D eigenvalue weighted by atomic mass is 35.7. The molecule has 4 heteroatoms. The monoisotopic (exact) mass is 200 g/mol. The molecule has 10 heavy (non-hydrogen) atoms. The molecule has 0 aromatic heterocycles. The van der Waals surface area contributed by atoms with E-state index >= 15 is 0 Å². The van der Waals surface area contributed by atoms with Crippen LogP contribution in [0, 0.1) is 0 Å². The largest absolute Gasteiger partial charge is 0.470 e. The topological polar surface area (TPSA) is 0 Å². The Morgan fingerprint density at radius 1 is 1.00 bits per heavy atom. The zero-order valence-corrected chi connectivity index (χ0v) is 9.57. The molecule has 0 amide bonds. The molecule has 0 N–H and O–H groups in total. The number of rotatable bonds is 4. The Hall–Kier alpha value is 0.757. The van der Waals surface area contributed by atoms with Gasteiger partial charge in [-0.3, -0.25) is 0 Å². The number of nitrogens with zero attached hydrogens (tertiary/aromatic N) is 1. The summed E-state index contributed by atoms with van der Waals surface area (Å²) in [7, 11) is -1.54. The Morgan fingerprint density at radius 2 is 1.30 bits per heavy atom. The third-order valence-electron chi connectivity index (χ3n) is 2.30. The molecule has 0 fully saturated rings. The highest BCUT2D eigenvalue weighted by Gasteiger charge is 2.31. The van der Waals surface area contributed by atoms with E-state index in [1.54, 1.807) is 0 Å². The lowest BCUT2D eigenvalue weighted by Crippen LogP contribution is -2.53. The lowest BCUT2D eigenvalue weighted by Gasteiger charge is -2.37. The van der Waals surface area contributed by atoms with Crippen molar-refractivity contribution in [3.63, 3.8) is 0 Å². The Kier molecular flexibility index (Phi) is 4.95. The van der Waals surface area contributed by atoms with Gasteiger partial charge in [-0.2, -0.15) is 0 Å². The van der Waals surface area contributed by atoms with Crippen molar-refractivity contribution < 1.29 is 4.15 Å². The summed E-state index contributed by atoms with van der Waals surface area (Å²) in [6, 6.07) is 0. The number of hydrogen-bond donors (Lipinski definition) is 0. The summed E-state index contributed by atoms with van der Waals surface area (Å²) < 4.78 is 0.934. The van der Waals surface area contributed by atoms with Gasteiger partial charge in [-0.25, -0.2) is 0 Å². The van der Waals surface area contributed by atoms with E-state index in [0.29, 0.717) is 0 Å². The van der Waals surface area contributed by atoms with E-state index in [1.807, 2.05) is 0 Å². The molecule has 0 aromatic rings. The number of hydrogen-bond acceptors (Lipinski definition) is 0. The quantitative estimate of drug-likeness (QED) is 0.482. The van der Waals surface area contributed by atoms with E-state index in [-0.39, 0.29) is 0 Å². The fourth-order valence-corrected chi connectivity index (χ4v) is 4.40. The maximum Gasteiger partial charge on any atom is 0.470 e. The van der Waals surface area contributed by atoms with E-state index in [9.17, 15) is 0 Å². The van der Waals surface area contributed by atoms with Gasteiger partial charge in [0, 0.05) is 0 Å². The lowest BCUT2D eigenvalue weighted by atomic mass is 10.5. The Bertz CT molecular complexity index is 85.5. The van der Waals surface area contributed by atoms with Gasteiger partial charge in [-0.05, 0) is 20.8 Å². The average molecular weight is 201 g/mol. The Labute approximate surface area is 74.6 Å². The van der Waals surface area contributed by atoms with Crippen LogP contribution in [0.15, 0.2) is 0 Å². The molecule has 0 unspecified atom stereocenters. The van der Waals surface area contributed by atoms with Crippen LogP contribution in [0.4, 0.5) is 0 Å². The summed E-state index contributed by atoms with van der Waals surface area (Å²) in [5.41, 5.74) is 0. The van der Waals surface area contributed by atoms with Crippen molar-refractivity contribution in [3.05, 3.63) is 0 Å². The summed E-state index contributed by atoms with van der Waals surface area (Å²) in [6.07, 6.45) is 0. The van der Waals surface area contributed by atoms with Crippen LogP contribution in [0.2, 0.25) is 0 Å². The van der Waals surface area contributed by atoms with E-state index in [4.69, 9.17) is 22.2 Å². The molecular formula is C6H16Cl2NSi+. The maximum absolute atomic E-state index is 5.98. The van der Waals surface area contributed by atoms with Crippen LogP contribution < -0.4 is 0 Å². The third kappa shape index (κ3) is 2.12. The first kappa shape index (κ1) is 10.8. The molecule has 0 aliphatic heterocycles. The summed E-state index contributed by atoms with van der Waals surface area (Å²) in [5, 5.41) is 0. The van der Waals surface area contributed by atoms with Crippen molar-refractivity contribution in [2.24, 2.45) is 0 Å². The van der Waals surface area contributed by atoms with Gasteiger partial charge >= 0.3 is 7.58 Å². The molecule has 0 spiro atoms. The van der Waals surface area contributed by atoms with Crippen LogP contribution in [-0.2, 0) is 0 Å². The minimum atomic E-state index is -1.54. The standard InChI is InChI=1S/C6H16Cl2NSi/c1-4-9(5-2,6-3)10(7)8/h10H,4-6H2,1-3H3/q+1. The first-order chi connectivity index (χ1) is 4.63. The number of halogens is 2. The summed E-state index contributed by atoms with van der Waals surface area (Å²) in [5.74, 6) is 0. The Balaban J connectivity index is 4.15. The van der Waals surface area contributed by atoms with E-state index in [1.165, 1.54) is 0 Å². The third-order valence-corrected chi connectivity index (χ3v) is 6.71. The minimum absolute atomic E-state index is 0.934. The second kappa shape index (κ2) is 4.60. The summed E-state index contributed by atoms with van der Waals surface area (Å²) in [6.45, 7) is 9.65. The summed E-state index contributed by atoms with van der Waals surface area (Å²) in [4.78, 5) is 0. The average Bonchev–Trinajstić information content (AvgIpc) is 1.92. The first-order valence-corrected chi connectivity index (χ1v) is 7.77. The van der Waals surface area contributed by atoms with E-state index < -0.39 is 7.58 Å². The van der Waals surface area contributed by atoms with Crippen LogP contribution in [0.1, 0.15) is 20.8 Å². The smallest absolute Gasteiger partial charge is 0.362 e. The van der Waals surface area contributed by atoms with Crippen molar-refractivity contribution in [1.82, 2.24) is 0 Å². The zero-order valence-electron chi connectivity index (χ0n) is 6.90. The first-order valence-electron chi connectivity index (χ1n) is 3.76. The van der Waals surface area contributed by atoms with Gasteiger partial charge in [0.1, 0.15) is 0 Å². The molecule has 0 aliphatic rings. The van der Waals surface area contributed by atoms with Crippen LogP contribution in [-0.4, -0.2) is 31.4 Å². The van der Waals surface area contributed by atoms with Crippen LogP contribution >= 0.6 is 22.2 Å². The van der Waals surface area contributed by atoms with Crippen LogP contribution in [0.25, 0.3) is 0 Å². The van der Waals surface area contributed by atoms with Gasteiger partial charge in [0.25, 0.3) is 0 Å². The predicted octanol–water partition coefficient (Wildman–Crippen LogP) is 2.06. The SMILES string of the molecule is CC[N+](CC)(CC)[SiH](Cl)Cl. The van der Waals surface area contributed by atoms with Gasteiger partial charge in [0.05, 0.1) is 19.6 Å². The van der Waals surface area contributed by atoms with Gasteiger partial charge in [0.15, 0.2) is 0 Å². The Morgan fingerprint density at radius 3 is 1.30 bits per heavy atom.